The lowest BCUT2D eigenvalue weighted by atomic mass is 9.94. The highest BCUT2D eigenvalue weighted by molar-refractivity contribution is 5.39. The van der Waals surface area contributed by atoms with Crippen LogP contribution in [0.1, 0.15) is 36.0 Å². The monoisotopic (exact) mass is 303 g/mol. The van der Waals surface area contributed by atoms with Crippen LogP contribution in [-0.2, 0) is 10.2 Å². The maximum atomic E-state index is 14.1. The van der Waals surface area contributed by atoms with E-state index in [1.807, 2.05) is 12.1 Å². The molecular formula is C16H18FN3O2. The van der Waals surface area contributed by atoms with Crippen molar-refractivity contribution in [2.75, 3.05) is 26.3 Å². The van der Waals surface area contributed by atoms with Crippen molar-refractivity contribution >= 4 is 0 Å². The molecule has 0 spiro atoms. The van der Waals surface area contributed by atoms with Gasteiger partial charge in [0.15, 0.2) is 5.82 Å². The SMILES string of the molecule is Fc1ccccc1C1(c2noc(C3CNCCOC3)n2)CC1. The number of nitrogens with zero attached hydrogens (tertiary/aromatic N) is 2. The average molecular weight is 303 g/mol. The van der Waals surface area contributed by atoms with Gasteiger partial charge >= 0.3 is 0 Å². The molecule has 2 fully saturated rings. The van der Waals surface area contributed by atoms with Gasteiger partial charge in [-0.2, -0.15) is 4.98 Å². The summed E-state index contributed by atoms with van der Waals surface area (Å²) >= 11 is 0. The Bertz CT molecular complexity index is 661. The Morgan fingerprint density at radius 3 is 2.95 bits per heavy atom. The standard InChI is InChI=1S/C16H18FN3O2/c17-13-4-2-1-3-12(13)16(5-6-16)15-19-14(22-20-15)11-9-18-7-8-21-10-11/h1-4,11,18H,5-10H2. The third kappa shape index (κ3) is 2.32. The highest BCUT2D eigenvalue weighted by Crippen LogP contribution is 2.53. The van der Waals surface area contributed by atoms with Gasteiger partial charge in [0.25, 0.3) is 0 Å². The molecule has 1 N–H and O–H groups in total. The Labute approximate surface area is 127 Å². The van der Waals surface area contributed by atoms with E-state index in [9.17, 15) is 4.39 Å². The second-order valence-electron chi connectivity index (χ2n) is 5.99. The first-order chi connectivity index (χ1) is 10.8. The van der Waals surface area contributed by atoms with Crippen molar-refractivity contribution in [3.05, 3.63) is 47.4 Å². The number of ether oxygens (including phenoxy) is 1. The summed E-state index contributed by atoms with van der Waals surface area (Å²) in [6.45, 7) is 2.85. The minimum atomic E-state index is -0.411. The first-order valence-electron chi connectivity index (χ1n) is 7.67. The molecule has 1 atom stereocenters. The Balaban J connectivity index is 1.62. The predicted molar refractivity (Wildman–Crippen MR) is 77.1 cm³/mol. The lowest BCUT2D eigenvalue weighted by molar-refractivity contribution is 0.133. The van der Waals surface area contributed by atoms with Crippen LogP contribution in [0.5, 0.6) is 0 Å². The van der Waals surface area contributed by atoms with Crippen LogP contribution in [0.2, 0.25) is 0 Å². The average Bonchev–Trinajstić information content (AvgIpc) is 3.26. The topological polar surface area (TPSA) is 60.2 Å². The zero-order chi connectivity index (χ0) is 15.0. The molecule has 2 aromatic rings. The Kier molecular flexibility index (Phi) is 3.43. The van der Waals surface area contributed by atoms with E-state index >= 15 is 0 Å². The molecule has 2 aliphatic rings. The molecule has 22 heavy (non-hydrogen) atoms. The van der Waals surface area contributed by atoms with Crippen LogP contribution in [0.25, 0.3) is 0 Å². The van der Waals surface area contributed by atoms with Crippen LogP contribution in [0.15, 0.2) is 28.8 Å². The molecule has 2 heterocycles. The number of halogens is 1. The second kappa shape index (κ2) is 5.44. The summed E-state index contributed by atoms with van der Waals surface area (Å²) in [5.74, 6) is 1.02. The molecule has 116 valence electrons. The van der Waals surface area contributed by atoms with Crippen LogP contribution in [0.4, 0.5) is 4.39 Å². The fraction of sp³-hybridized carbons (Fsp3) is 0.500. The molecule has 0 bridgehead atoms. The van der Waals surface area contributed by atoms with Crippen molar-refractivity contribution in [1.29, 1.82) is 0 Å². The molecule has 6 heteroatoms. The zero-order valence-electron chi connectivity index (χ0n) is 12.2. The summed E-state index contributed by atoms with van der Waals surface area (Å²) in [7, 11) is 0. The van der Waals surface area contributed by atoms with Gasteiger partial charge in [0.05, 0.1) is 24.5 Å². The summed E-state index contributed by atoms with van der Waals surface area (Å²) < 4.78 is 25.1. The van der Waals surface area contributed by atoms with E-state index in [2.05, 4.69) is 15.5 Å². The van der Waals surface area contributed by atoms with Gasteiger partial charge in [0, 0.05) is 18.7 Å². The Morgan fingerprint density at radius 1 is 1.27 bits per heavy atom. The van der Waals surface area contributed by atoms with Crippen LogP contribution in [-0.4, -0.2) is 36.4 Å². The van der Waals surface area contributed by atoms with Crippen LogP contribution < -0.4 is 5.32 Å². The second-order valence-corrected chi connectivity index (χ2v) is 5.99. The van der Waals surface area contributed by atoms with E-state index < -0.39 is 5.41 Å². The van der Waals surface area contributed by atoms with Gasteiger partial charge in [-0.3, -0.25) is 0 Å². The van der Waals surface area contributed by atoms with Gasteiger partial charge < -0.3 is 14.6 Å². The van der Waals surface area contributed by atoms with Crippen molar-refractivity contribution in [3.8, 4) is 0 Å². The summed E-state index contributed by atoms with van der Waals surface area (Å²) in [5.41, 5.74) is 0.254. The van der Waals surface area contributed by atoms with E-state index in [0.717, 1.165) is 25.9 Å². The number of rotatable bonds is 3. The molecule has 1 aliphatic heterocycles. The van der Waals surface area contributed by atoms with Crippen molar-refractivity contribution in [3.63, 3.8) is 0 Å². The molecule has 1 unspecified atom stereocenters. The van der Waals surface area contributed by atoms with E-state index in [1.54, 1.807) is 6.07 Å². The molecule has 1 aromatic heterocycles. The maximum absolute atomic E-state index is 14.1. The summed E-state index contributed by atoms with van der Waals surface area (Å²) in [5, 5.41) is 7.43. The zero-order valence-corrected chi connectivity index (χ0v) is 12.2. The summed E-state index contributed by atoms with van der Waals surface area (Å²) in [4.78, 5) is 4.56. The molecule has 1 aliphatic carbocycles. The lowest BCUT2D eigenvalue weighted by Crippen LogP contribution is -2.22. The van der Waals surface area contributed by atoms with Gasteiger partial charge in [-0.15, -0.1) is 0 Å². The fourth-order valence-corrected chi connectivity index (χ4v) is 3.05. The quantitative estimate of drug-likeness (QED) is 0.939. The van der Waals surface area contributed by atoms with Gasteiger partial charge in [-0.05, 0) is 18.9 Å². The number of benzene rings is 1. The van der Waals surface area contributed by atoms with Gasteiger partial charge in [0.2, 0.25) is 5.89 Å². The number of hydrogen-bond acceptors (Lipinski definition) is 5. The van der Waals surface area contributed by atoms with Gasteiger partial charge in [0.1, 0.15) is 5.82 Å². The molecule has 1 saturated carbocycles. The minimum Gasteiger partial charge on any atom is -0.379 e. The normalized spacial score (nSPS) is 24.0. The smallest absolute Gasteiger partial charge is 0.233 e. The highest BCUT2D eigenvalue weighted by atomic mass is 19.1. The predicted octanol–water partition coefficient (Wildman–Crippen LogP) is 1.99. The molecule has 0 amide bonds. The molecular weight excluding hydrogens is 285 g/mol. The molecule has 1 saturated heterocycles. The minimum absolute atomic E-state index is 0.0557. The van der Waals surface area contributed by atoms with Crippen molar-refractivity contribution < 1.29 is 13.7 Å². The van der Waals surface area contributed by atoms with Crippen molar-refractivity contribution in [1.82, 2.24) is 15.5 Å². The van der Waals surface area contributed by atoms with Crippen molar-refractivity contribution in [2.45, 2.75) is 24.2 Å². The first kappa shape index (κ1) is 13.8. The lowest BCUT2D eigenvalue weighted by Gasteiger charge is -2.12. The Morgan fingerprint density at radius 2 is 2.14 bits per heavy atom. The van der Waals surface area contributed by atoms with E-state index in [4.69, 9.17) is 9.26 Å². The summed E-state index contributed by atoms with van der Waals surface area (Å²) in [6, 6.07) is 6.85. The molecule has 1 aromatic carbocycles. The third-order valence-electron chi connectivity index (χ3n) is 4.49. The molecule has 5 nitrogen and oxygen atoms in total. The molecule has 0 radical (unpaired) electrons. The number of nitrogens with one attached hydrogen (secondary N) is 1. The highest BCUT2D eigenvalue weighted by Gasteiger charge is 2.51. The van der Waals surface area contributed by atoms with E-state index in [-0.39, 0.29) is 11.7 Å². The molecule has 4 rings (SSSR count). The fourth-order valence-electron chi connectivity index (χ4n) is 3.05. The number of aromatic nitrogens is 2. The van der Waals surface area contributed by atoms with Crippen LogP contribution in [0, 0.1) is 5.82 Å². The van der Waals surface area contributed by atoms with E-state index in [0.29, 0.717) is 30.5 Å². The van der Waals surface area contributed by atoms with E-state index in [1.165, 1.54) is 6.07 Å². The van der Waals surface area contributed by atoms with Gasteiger partial charge in [-0.25, -0.2) is 4.39 Å². The Hall–Kier alpha value is -1.79. The maximum Gasteiger partial charge on any atom is 0.233 e. The first-order valence-corrected chi connectivity index (χ1v) is 7.67. The largest absolute Gasteiger partial charge is 0.379 e. The van der Waals surface area contributed by atoms with Crippen LogP contribution >= 0.6 is 0 Å². The third-order valence-corrected chi connectivity index (χ3v) is 4.49. The van der Waals surface area contributed by atoms with Gasteiger partial charge in [-0.1, -0.05) is 23.4 Å². The summed E-state index contributed by atoms with van der Waals surface area (Å²) in [6.07, 6.45) is 1.71. The van der Waals surface area contributed by atoms with Crippen LogP contribution in [0.3, 0.4) is 0 Å². The number of hydrogen-bond donors (Lipinski definition) is 1. The van der Waals surface area contributed by atoms with Crippen molar-refractivity contribution in [2.24, 2.45) is 0 Å².